The maximum Gasteiger partial charge on any atom is 0.191 e. The van der Waals surface area contributed by atoms with E-state index in [-0.39, 0.29) is 29.6 Å². The molecule has 0 spiro atoms. The van der Waals surface area contributed by atoms with Crippen LogP contribution >= 0.6 is 24.0 Å². The first kappa shape index (κ1) is 20.5. The largest absolute Gasteiger partial charge is 0.469 e. The van der Waals surface area contributed by atoms with Crippen LogP contribution in [0.4, 0.5) is 0 Å². The van der Waals surface area contributed by atoms with Crippen molar-refractivity contribution < 1.29 is 13.9 Å². The molecule has 1 aromatic rings. The predicted molar refractivity (Wildman–Crippen MR) is 109 cm³/mol. The van der Waals surface area contributed by atoms with Crippen LogP contribution in [0.1, 0.15) is 31.9 Å². The molecule has 3 rings (SSSR count). The molecule has 6 nitrogen and oxygen atoms in total. The highest BCUT2D eigenvalue weighted by Crippen LogP contribution is 2.25. The molecule has 2 fully saturated rings. The quantitative estimate of drug-likeness (QED) is 0.370. The fourth-order valence-corrected chi connectivity index (χ4v) is 3.13. The molecule has 2 unspecified atom stereocenters. The topological polar surface area (TPSA) is 68.0 Å². The van der Waals surface area contributed by atoms with Crippen molar-refractivity contribution in [1.82, 2.24) is 10.6 Å². The Morgan fingerprint density at radius 1 is 1.36 bits per heavy atom. The molecule has 2 saturated heterocycles. The average molecular weight is 463 g/mol. The van der Waals surface area contributed by atoms with Crippen LogP contribution in [-0.2, 0) is 15.9 Å². The zero-order chi connectivity index (χ0) is 16.7. The van der Waals surface area contributed by atoms with E-state index in [4.69, 9.17) is 18.9 Å². The zero-order valence-corrected chi connectivity index (χ0v) is 17.3. The molecule has 0 aliphatic carbocycles. The molecule has 0 aromatic carbocycles. The maximum absolute atomic E-state index is 5.83. The minimum Gasteiger partial charge on any atom is -0.469 e. The van der Waals surface area contributed by atoms with E-state index in [0.29, 0.717) is 12.5 Å². The minimum absolute atomic E-state index is 0. The lowest BCUT2D eigenvalue weighted by molar-refractivity contribution is 0.0283. The molecular formula is C18H30IN3O3. The van der Waals surface area contributed by atoms with Crippen molar-refractivity contribution in [1.29, 1.82) is 0 Å². The van der Waals surface area contributed by atoms with Crippen LogP contribution < -0.4 is 10.6 Å². The molecule has 7 heteroatoms. The first-order valence-electron chi connectivity index (χ1n) is 9.00. The Bertz CT molecular complexity index is 510. The molecule has 3 heterocycles. The van der Waals surface area contributed by atoms with Gasteiger partial charge >= 0.3 is 0 Å². The van der Waals surface area contributed by atoms with E-state index in [9.17, 15) is 0 Å². The first-order valence-corrected chi connectivity index (χ1v) is 9.00. The van der Waals surface area contributed by atoms with E-state index in [2.05, 4.69) is 17.6 Å². The van der Waals surface area contributed by atoms with E-state index in [1.807, 2.05) is 12.1 Å². The maximum atomic E-state index is 5.83. The number of ether oxygens (including phenoxy) is 2. The van der Waals surface area contributed by atoms with Gasteiger partial charge in [-0.25, -0.2) is 0 Å². The van der Waals surface area contributed by atoms with Crippen LogP contribution in [0.3, 0.4) is 0 Å². The van der Waals surface area contributed by atoms with Gasteiger partial charge in [0.05, 0.1) is 25.0 Å². The number of nitrogens with zero attached hydrogens (tertiary/aromatic N) is 1. The number of furan rings is 1. The van der Waals surface area contributed by atoms with Gasteiger partial charge in [-0.3, -0.25) is 4.99 Å². The van der Waals surface area contributed by atoms with E-state index < -0.39 is 0 Å². The number of hydrogen-bond donors (Lipinski definition) is 2. The summed E-state index contributed by atoms with van der Waals surface area (Å²) in [7, 11) is 0. The lowest BCUT2D eigenvalue weighted by Crippen LogP contribution is -2.42. The number of hydrogen-bond acceptors (Lipinski definition) is 4. The van der Waals surface area contributed by atoms with Gasteiger partial charge in [-0.1, -0.05) is 0 Å². The van der Waals surface area contributed by atoms with E-state index >= 15 is 0 Å². The number of halogens is 1. The Labute approximate surface area is 167 Å². The summed E-state index contributed by atoms with van der Waals surface area (Å²) in [5.74, 6) is 2.41. The van der Waals surface area contributed by atoms with Gasteiger partial charge in [-0.2, -0.15) is 0 Å². The molecule has 2 atom stereocenters. The van der Waals surface area contributed by atoms with Gasteiger partial charge in [0.15, 0.2) is 5.96 Å². The molecule has 142 valence electrons. The summed E-state index contributed by atoms with van der Waals surface area (Å²) in [5, 5.41) is 6.86. The summed E-state index contributed by atoms with van der Waals surface area (Å²) >= 11 is 0. The van der Waals surface area contributed by atoms with Crippen LogP contribution in [0.5, 0.6) is 0 Å². The molecule has 0 radical (unpaired) electrons. The Kier molecular flexibility index (Phi) is 8.51. The molecule has 0 saturated carbocycles. The summed E-state index contributed by atoms with van der Waals surface area (Å²) < 4.78 is 16.7. The van der Waals surface area contributed by atoms with Crippen LogP contribution in [-0.4, -0.2) is 51.0 Å². The van der Waals surface area contributed by atoms with Crippen molar-refractivity contribution in [3.63, 3.8) is 0 Å². The van der Waals surface area contributed by atoms with Crippen molar-refractivity contribution in [2.24, 2.45) is 10.9 Å². The Morgan fingerprint density at radius 2 is 2.28 bits per heavy atom. The minimum atomic E-state index is -0.119. The predicted octanol–water partition coefficient (Wildman–Crippen LogP) is 2.58. The summed E-state index contributed by atoms with van der Waals surface area (Å²) in [6.07, 6.45) is 5.87. The van der Waals surface area contributed by atoms with Gasteiger partial charge in [0.2, 0.25) is 0 Å². The van der Waals surface area contributed by atoms with Gasteiger partial charge in [-0.05, 0) is 38.3 Å². The van der Waals surface area contributed by atoms with Gasteiger partial charge in [0.25, 0.3) is 0 Å². The monoisotopic (exact) mass is 463 g/mol. The van der Waals surface area contributed by atoms with Gasteiger partial charge in [0.1, 0.15) is 5.76 Å². The highest BCUT2D eigenvalue weighted by atomic mass is 127. The molecule has 1 aromatic heterocycles. The SMILES string of the molecule is CC1(CN=C(NCCc2ccco2)NCC2CCOC2)CCCO1.I. The summed E-state index contributed by atoms with van der Waals surface area (Å²) in [4.78, 5) is 4.76. The first-order chi connectivity index (χ1) is 11.7. The second-order valence-corrected chi connectivity index (χ2v) is 6.93. The summed E-state index contributed by atoms with van der Waals surface area (Å²) in [6.45, 7) is 7.07. The smallest absolute Gasteiger partial charge is 0.191 e. The highest BCUT2D eigenvalue weighted by molar-refractivity contribution is 14.0. The summed E-state index contributed by atoms with van der Waals surface area (Å²) in [6, 6.07) is 3.91. The van der Waals surface area contributed by atoms with Crippen LogP contribution in [0, 0.1) is 5.92 Å². The van der Waals surface area contributed by atoms with Crippen molar-refractivity contribution in [2.45, 2.75) is 38.2 Å². The molecule has 2 aliphatic rings. The molecule has 25 heavy (non-hydrogen) atoms. The third kappa shape index (κ3) is 6.79. The molecular weight excluding hydrogens is 433 g/mol. The van der Waals surface area contributed by atoms with Crippen LogP contribution in [0.2, 0.25) is 0 Å². The standard InChI is InChI=1S/C18H29N3O3.HI/c1-18(7-3-10-24-18)14-21-17(20-12-15-6-11-22-13-15)19-8-5-16-4-2-9-23-16;/h2,4,9,15H,3,5-8,10-14H2,1H3,(H2,19,20,21);1H. The molecule has 2 N–H and O–H groups in total. The third-order valence-corrected chi connectivity index (χ3v) is 4.70. The van der Waals surface area contributed by atoms with E-state index in [0.717, 1.165) is 70.3 Å². The number of guanidine groups is 1. The van der Waals surface area contributed by atoms with E-state index in [1.54, 1.807) is 6.26 Å². The highest BCUT2D eigenvalue weighted by Gasteiger charge is 2.29. The number of nitrogens with one attached hydrogen (secondary N) is 2. The van der Waals surface area contributed by atoms with Crippen molar-refractivity contribution in [3.05, 3.63) is 24.2 Å². The Morgan fingerprint density at radius 3 is 2.96 bits per heavy atom. The Balaban J connectivity index is 0.00000225. The lowest BCUT2D eigenvalue weighted by Gasteiger charge is -2.22. The normalized spacial score (nSPS) is 26.4. The van der Waals surface area contributed by atoms with Crippen LogP contribution in [0.15, 0.2) is 27.8 Å². The second-order valence-electron chi connectivity index (χ2n) is 6.93. The fraction of sp³-hybridized carbons (Fsp3) is 0.722. The van der Waals surface area contributed by atoms with Crippen molar-refractivity contribution in [2.75, 3.05) is 39.5 Å². The van der Waals surface area contributed by atoms with Crippen molar-refractivity contribution in [3.8, 4) is 0 Å². The summed E-state index contributed by atoms with van der Waals surface area (Å²) in [5.41, 5.74) is -0.119. The average Bonchev–Trinajstić information content (AvgIpc) is 3.32. The fourth-order valence-electron chi connectivity index (χ4n) is 3.13. The van der Waals surface area contributed by atoms with Crippen LogP contribution in [0.25, 0.3) is 0 Å². The van der Waals surface area contributed by atoms with Crippen molar-refractivity contribution >= 4 is 29.9 Å². The Hall–Kier alpha value is -0.800. The molecule has 0 amide bonds. The third-order valence-electron chi connectivity index (χ3n) is 4.70. The number of aliphatic imine (C=N–C) groups is 1. The zero-order valence-electron chi connectivity index (χ0n) is 15.0. The van der Waals surface area contributed by atoms with Gasteiger partial charge < -0.3 is 24.5 Å². The van der Waals surface area contributed by atoms with Gasteiger partial charge in [-0.15, -0.1) is 24.0 Å². The lowest BCUT2D eigenvalue weighted by atomic mass is 10.0. The number of rotatable bonds is 7. The second kappa shape index (κ2) is 10.4. The van der Waals surface area contributed by atoms with E-state index in [1.165, 1.54) is 0 Å². The molecule has 0 bridgehead atoms. The van der Waals surface area contributed by atoms with Gasteiger partial charge in [0, 0.05) is 38.6 Å². The molecule has 2 aliphatic heterocycles.